The highest BCUT2D eigenvalue weighted by molar-refractivity contribution is 6.21. The zero-order valence-corrected chi connectivity index (χ0v) is 31.7. The molecule has 1 aliphatic heterocycles. The molecule has 3 aromatic heterocycles. The van der Waals surface area contributed by atoms with Crippen LogP contribution in [0.2, 0.25) is 0 Å². The van der Waals surface area contributed by atoms with E-state index >= 15 is 0 Å². The number of fused-ring (bicyclic) bond motifs is 5. The molecule has 7 heteroatoms. The van der Waals surface area contributed by atoms with Gasteiger partial charge >= 0.3 is 0 Å². The second-order valence-electron chi connectivity index (χ2n) is 14.6. The summed E-state index contributed by atoms with van der Waals surface area (Å²) in [6.45, 7) is 0. The molecule has 11 rings (SSSR count). The van der Waals surface area contributed by atoms with Gasteiger partial charge in [-0.3, -0.25) is 9.20 Å². The average Bonchev–Trinajstić information content (AvgIpc) is 3.63. The minimum Gasteiger partial charge on any atom is -0.339 e. The molecule has 0 bridgehead atoms. The van der Waals surface area contributed by atoms with Crippen molar-refractivity contribution in [2.75, 3.05) is 0 Å². The van der Waals surface area contributed by atoms with Gasteiger partial charge in [-0.25, -0.2) is 19.9 Å². The smallest absolute Gasteiger partial charge is 0.263 e. The highest BCUT2D eigenvalue weighted by Gasteiger charge is 2.22. The fourth-order valence-corrected chi connectivity index (χ4v) is 8.20. The molecule has 0 saturated heterocycles. The van der Waals surface area contributed by atoms with Crippen LogP contribution >= 0.6 is 0 Å². The van der Waals surface area contributed by atoms with E-state index < -0.39 is 0 Å². The van der Waals surface area contributed by atoms with Crippen LogP contribution in [0.15, 0.2) is 198 Å². The zero-order valence-electron chi connectivity index (χ0n) is 31.7. The summed E-state index contributed by atoms with van der Waals surface area (Å²) in [6, 6.07) is 58.9. The minimum absolute atomic E-state index is 0.0492. The van der Waals surface area contributed by atoms with Gasteiger partial charge in [0.2, 0.25) is 0 Å². The van der Waals surface area contributed by atoms with Gasteiger partial charge in [0.1, 0.15) is 5.84 Å². The van der Waals surface area contributed by atoms with E-state index in [2.05, 4.69) is 59.9 Å². The summed E-state index contributed by atoms with van der Waals surface area (Å²) < 4.78 is 1.87. The van der Waals surface area contributed by atoms with Gasteiger partial charge in [0.25, 0.3) is 5.56 Å². The highest BCUT2D eigenvalue weighted by atomic mass is 16.1. The van der Waals surface area contributed by atoms with Gasteiger partial charge in [-0.15, -0.1) is 0 Å². The van der Waals surface area contributed by atoms with E-state index in [4.69, 9.17) is 19.9 Å². The molecule has 59 heavy (non-hydrogen) atoms. The van der Waals surface area contributed by atoms with Gasteiger partial charge in [-0.05, 0) is 59.3 Å². The lowest BCUT2D eigenvalue weighted by molar-refractivity contribution is 1.07. The molecule has 0 unspecified atom stereocenters. The third-order valence-electron chi connectivity index (χ3n) is 11.0. The van der Waals surface area contributed by atoms with Crippen LogP contribution < -0.4 is 10.9 Å². The Bertz CT molecular complexity index is 3320. The molecule has 0 fully saturated rings. The van der Waals surface area contributed by atoms with Gasteiger partial charge in [0, 0.05) is 49.5 Å². The normalized spacial score (nSPS) is 14.1. The molecule has 0 radical (unpaired) electrons. The van der Waals surface area contributed by atoms with Crippen molar-refractivity contribution in [3.05, 3.63) is 215 Å². The summed E-state index contributed by atoms with van der Waals surface area (Å²) >= 11 is 0. The highest BCUT2D eigenvalue weighted by Crippen LogP contribution is 2.39. The lowest BCUT2D eigenvalue weighted by atomic mass is 9.98. The number of rotatable bonds is 6. The number of aliphatic imine (C=N–C) groups is 1. The Kier molecular flexibility index (Phi) is 8.22. The van der Waals surface area contributed by atoms with Crippen molar-refractivity contribution in [2.45, 2.75) is 6.42 Å². The molecule has 0 atom stereocenters. The molecular weight excluding hydrogens is 725 g/mol. The topological polar surface area (TPSA) is 84.5 Å². The monoisotopic (exact) mass is 758 g/mol. The largest absolute Gasteiger partial charge is 0.339 e. The Hall–Kier alpha value is -8.03. The summed E-state index contributed by atoms with van der Waals surface area (Å²) in [5.41, 5.74) is 9.13. The quantitative estimate of drug-likeness (QED) is 0.171. The van der Waals surface area contributed by atoms with Crippen LogP contribution in [-0.4, -0.2) is 25.2 Å². The summed E-state index contributed by atoms with van der Waals surface area (Å²) in [7, 11) is 0. The van der Waals surface area contributed by atoms with Crippen LogP contribution in [0.4, 0.5) is 0 Å². The maximum atomic E-state index is 14.4. The second-order valence-corrected chi connectivity index (χ2v) is 14.6. The first kappa shape index (κ1) is 34.2. The van der Waals surface area contributed by atoms with Crippen molar-refractivity contribution < 1.29 is 0 Å². The molecule has 10 aromatic rings. The Balaban J connectivity index is 1.14. The van der Waals surface area contributed by atoms with Crippen LogP contribution in [0, 0.1) is 0 Å². The van der Waals surface area contributed by atoms with Crippen LogP contribution in [0.5, 0.6) is 0 Å². The number of pyridine rings is 1. The molecule has 0 aliphatic carbocycles. The van der Waals surface area contributed by atoms with E-state index in [0.717, 1.165) is 83.2 Å². The second kappa shape index (κ2) is 14.2. The number of nitrogens with zero attached hydrogens (tertiary/aromatic N) is 5. The molecule has 0 spiro atoms. The first-order valence-corrected chi connectivity index (χ1v) is 19.7. The van der Waals surface area contributed by atoms with E-state index in [0.29, 0.717) is 29.3 Å². The molecule has 1 aliphatic rings. The van der Waals surface area contributed by atoms with Crippen molar-refractivity contribution in [3.8, 4) is 34.2 Å². The summed E-state index contributed by atoms with van der Waals surface area (Å²) in [6.07, 6.45) is 5.06. The van der Waals surface area contributed by atoms with Gasteiger partial charge in [0.15, 0.2) is 17.5 Å². The first-order valence-electron chi connectivity index (χ1n) is 19.7. The molecule has 278 valence electrons. The third-order valence-corrected chi connectivity index (χ3v) is 11.0. The fraction of sp³-hybridized carbons (Fsp3) is 0.0192. The van der Waals surface area contributed by atoms with Gasteiger partial charge in [-0.1, -0.05) is 152 Å². The van der Waals surface area contributed by atoms with Crippen molar-refractivity contribution in [1.82, 2.24) is 24.7 Å². The molecule has 1 N–H and O–H groups in total. The Morgan fingerprint density at radius 3 is 1.58 bits per heavy atom. The molecular formula is C52H34N6O. The first-order chi connectivity index (χ1) is 29.2. The van der Waals surface area contributed by atoms with E-state index in [9.17, 15) is 4.79 Å². The van der Waals surface area contributed by atoms with Crippen LogP contribution in [0.3, 0.4) is 0 Å². The molecule has 7 aromatic carbocycles. The lowest BCUT2D eigenvalue weighted by Gasteiger charge is -2.18. The van der Waals surface area contributed by atoms with Crippen LogP contribution in [-0.2, 0) is 0 Å². The molecule has 0 amide bonds. The standard InChI is InChI=1S/C52H34N6O/c59-52-40-25-14-13-24-39(40)42-31-38(45-27-15-26-44(33-16-5-1-6-17-33)53-48(54-45)34-18-7-2-8-19-34)32-43-41-30-37(28-29-46(41)58(52)47(42)43)51-56-49(35-20-9-3-10-21-35)55-50(57-51)36-22-11-4-12-23-36/h1-14,16-32H,15H2,(H,53,54)/b44-26-,45-27?. The maximum absolute atomic E-state index is 14.4. The van der Waals surface area contributed by atoms with Gasteiger partial charge < -0.3 is 5.32 Å². The van der Waals surface area contributed by atoms with Crippen molar-refractivity contribution in [3.63, 3.8) is 0 Å². The Labute approximate surface area is 339 Å². The molecule has 4 heterocycles. The Morgan fingerprint density at radius 2 is 0.949 bits per heavy atom. The number of hydrogen-bond acceptors (Lipinski definition) is 6. The number of allylic oxidation sites excluding steroid dienone is 2. The number of nitrogens with one attached hydrogen (secondary N) is 1. The van der Waals surface area contributed by atoms with E-state index in [1.807, 2.05) is 138 Å². The van der Waals surface area contributed by atoms with Crippen molar-refractivity contribution in [1.29, 1.82) is 0 Å². The van der Waals surface area contributed by atoms with Crippen LogP contribution in [0.25, 0.3) is 83.5 Å². The molecule has 0 saturated carbocycles. The van der Waals surface area contributed by atoms with E-state index in [1.54, 1.807) is 0 Å². The average molecular weight is 759 g/mol. The number of hydrogen-bond donors (Lipinski definition) is 1. The maximum Gasteiger partial charge on any atom is 0.263 e. The zero-order chi connectivity index (χ0) is 39.3. The number of benzene rings is 7. The molecule has 7 nitrogen and oxygen atoms in total. The predicted molar refractivity (Wildman–Crippen MR) is 240 cm³/mol. The lowest BCUT2D eigenvalue weighted by Crippen LogP contribution is -2.24. The Morgan fingerprint density at radius 1 is 0.441 bits per heavy atom. The van der Waals surface area contributed by atoms with Crippen LogP contribution in [0.1, 0.15) is 23.1 Å². The van der Waals surface area contributed by atoms with E-state index in [1.165, 1.54) is 0 Å². The van der Waals surface area contributed by atoms with Crippen molar-refractivity contribution >= 4 is 55.2 Å². The number of amidine groups is 1. The third kappa shape index (κ3) is 6.04. The van der Waals surface area contributed by atoms with Crippen molar-refractivity contribution in [2.24, 2.45) is 4.99 Å². The predicted octanol–water partition coefficient (Wildman–Crippen LogP) is 11.2. The fourth-order valence-electron chi connectivity index (χ4n) is 8.20. The minimum atomic E-state index is -0.0492. The summed E-state index contributed by atoms with van der Waals surface area (Å²) in [5, 5.41) is 8.22. The summed E-state index contributed by atoms with van der Waals surface area (Å²) in [5.74, 6) is 2.48. The number of aromatic nitrogens is 4. The van der Waals surface area contributed by atoms with E-state index in [-0.39, 0.29) is 5.56 Å². The van der Waals surface area contributed by atoms with Gasteiger partial charge in [0.05, 0.1) is 16.7 Å². The van der Waals surface area contributed by atoms with Gasteiger partial charge in [-0.2, -0.15) is 0 Å². The SMILES string of the molecule is O=c1c2ccccc2c2cc(C3=CC/C=C(/c4ccccc4)N=C(c4ccccc4)N3)cc3c4cc(-c5nc(-c6ccccc6)nc(-c6ccccc6)n5)ccc4n1c23. The summed E-state index contributed by atoms with van der Waals surface area (Å²) in [4.78, 5) is 34.6.